The van der Waals surface area contributed by atoms with Gasteiger partial charge in [-0.2, -0.15) is 0 Å². The zero-order valence-electron chi connectivity index (χ0n) is 9.90. The Morgan fingerprint density at radius 2 is 1.82 bits per heavy atom. The molecule has 0 aliphatic carbocycles. The molecule has 0 aliphatic heterocycles. The van der Waals surface area contributed by atoms with Crippen LogP contribution >= 0.6 is 11.6 Å². The Labute approximate surface area is 106 Å². The lowest BCUT2D eigenvalue weighted by atomic mass is 9.97. The highest BCUT2D eigenvalue weighted by Crippen LogP contribution is 2.25. The zero-order valence-corrected chi connectivity index (χ0v) is 10.7. The predicted octanol–water partition coefficient (Wildman–Crippen LogP) is 3.83. The summed E-state index contributed by atoms with van der Waals surface area (Å²) in [5, 5.41) is 10.4. The Kier molecular flexibility index (Phi) is 3.55. The van der Waals surface area contributed by atoms with Gasteiger partial charge in [0.2, 0.25) is 0 Å². The SMILES string of the molecule is Cc1cccc(C)c1CC(O)c1ccc(Cl)o1. The second-order valence-electron chi connectivity index (χ2n) is 4.23. The first-order valence-corrected chi connectivity index (χ1v) is 5.94. The number of aryl methyl sites for hydroxylation is 2. The van der Waals surface area contributed by atoms with Crippen molar-refractivity contribution in [3.63, 3.8) is 0 Å². The van der Waals surface area contributed by atoms with Gasteiger partial charge in [0.05, 0.1) is 0 Å². The van der Waals surface area contributed by atoms with Crippen molar-refractivity contribution in [2.75, 3.05) is 0 Å². The van der Waals surface area contributed by atoms with E-state index in [1.807, 2.05) is 32.0 Å². The number of aliphatic hydroxyl groups excluding tert-OH is 1. The van der Waals surface area contributed by atoms with Crippen molar-refractivity contribution in [1.82, 2.24) is 0 Å². The van der Waals surface area contributed by atoms with Crippen LogP contribution in [0.2, 0.25) is 5.22 Å². The van der Waals surface area contributed by atoms with E-state index in [1.165, 1.54) is 11.1 Å². The smallest absolute Gasteiger partial charge is 0.193 e. The zero-order chi connectivity index (χ0) is 12.4. The molecule has 0 aliphatic rings. The Balaban J connectivity index is 2.21. The molecule has 0 saturated carbocycles. The maximum Gasteiger partial charge on any atom is 0.193 e. The monoisotopic (exact) mass is 250 g/mol. The molecule has 1 heterocycles. The van der Waals surface area contributed by atoms with Crippen LogP contribution in [0.3, 0.4) is 0 Å². The van der Waals surface area contributed by atoms with Crippen molar-refractivity contribution < 1.29 is 9.52 Å². The fourth-order valence-corrected chi connectivity index (χ4v) is 2.12. The van der Waals surface area contributed by atoms with Crippen molar-refractivity contribution in [3.05, 3.63) is 58.0 Å². The van der Waals surface area contributed by atoms with Gasteiger partial charge in [-0.1, -0.05) is 18.2 Å². The van der Waals surface area contributed by atoms with Gasteiger partial charge in [0.25, 0.3) is 0 Å². The van der Waals surface area contributed by atoms with Crippen LogP contribution in [0.4, 0.5) is 0 Å². The van der Waals surface area contributed by atoms with Gasteiger partial charge >= 0.3 is 0 Å². The third kappa shape index (κ3) is 2.71. The summed E-state index contributed by atoms with van der Waals surface area (Å²) in [4.78, 5) is 0. The van der Waals surface area contributed by atoms with Gasteiger partial charge < -0.3 is 9.52 Å². The second kappa shape index (κ2) is 4.94. The first-order chi connectivity index (χ1) is 8.08. The van der Waals surface area contributed by atoms with E-state index in [-0.39, 0.29) is 0 Å². The number of hydrogen-bond acceptors (Lipinski definition) is 2. The largest absolute Gasteiger partial charge is 0.447 e. The molecule has 2 rings (SSSR count). The number of aliphatic hydroxyl groups is 1. The molecule has 0 bridgehead atoms. The average Bonchev–Trinajstić information content (AvgIpc) is 2.70. The highest BCUT2D eigenvalue weighted by molar-refractivity contribution is 6.28. The first-order valence-electron chi connectivity index (χ1n) is 5.56. The average molecular weight is 251 g/mol. The summed E-state index contributed by atoms with van der Waals surface area (Å²) < 4.78 is 5.21. The number of rotatable bonds is 3. The topological polar surface area (TPSA) is 33.4 Å². The van der Waals surface area contributed by atoms with Crippen LogP contribution in [0, 0.1) is 13.8 Å². The molecular formula is C14H15ClO2. The van der Waals surface area contributed by atoms with Crippen molar-refractivity contribution in [2.45, 2.75) is 26.4 Å². The van der Waals surface area contributed by atoms with E-state index in [0.29, 0.717) is 17.4 Å². The fourth-order valence-electron chi connectivity index (χ4n) is 1.97. The standard InChI is InChI=1S/C14H15ClO2/c1-9-4-3-5-10(2)11(9)8-12(16)13-6-7-14(15)17-13/h3-7,12,16H,8H2,1-2H3. The lowest BCUT2D eigenvalue weighted by Crippen LogP contribution is -2.03. The van der Waals surface area contributed by atoms with E-state index in [4.69, 9.17) is 16.0 Å². The molecule has 3 heteroatoms. The van der Waals surface area contributed by atoms with Gasteiger partial charge in [-0.15, -0.1) is 0 Å². The molecule has 17 heavy (non-hydrogen) atoms. The number of hydrogen-bond donors (Lipinski definition) is 1. The lowest BCUT2D eigenvalue weighted by molar-refractivity contribution is 0.150. The summed E-state index contributed by atoms with van der Waals surface area (Å²) in [6.45, 7) is 4.09. The summed E-state index contributed by atoms with van der Waals surface area (Å²) >= 11 is 5.69. The fraction of sp³-hybridized carbons (Fsp3) is 0.286. The minimum absolute atomic E-state index is 0.306. The van der Waals surface area contributed by atoms with Gasteiger partial charge in [-0.3, -0.25) is 0 Å². The Bertz CT molecular complexity index is 496. The molecule has 0 fully saturated rings. The molecule has 2 nitrogen and oxygen atoms in total. The summed E-state index contributed by atoms with van der Waals surface area (Å²) in [5.41, 5.74) is 3.52. The maximum absolute atomic E-state index is 10.1. The maximum atomic E-state index is 10.1. The summed E-state index contributed by atoms with van der Waals surface area (Å²) in [5.74, 6) is 0.512. The summed E-state index contributed by atoms with van der Waals surface area (Å²) in [6, 6.07) is 9.46. The predicted molar refractivity (Wildman–Crippen MR) is 68.3 cm³/mol. The van der Waals surface area contributed by atoms with E-state index >= 15 is 0 Å². The molecule has 1 N–H and O–H groups in total. The number of halogens is 1. The van der Waals surface area contributed by atoms with Crippen LogP contribution in [0.5, 0.6) is 0 Å². The van der Waals surface area contributed by atoms with E-state index in [2.05, 4.69) is 0 Å². The van der Waals surface area contributed by atoms with Gasteiger partial charge in [-0.25, -0.2) is 0 Å². The molecule has 0 radical (unpaired) electrons. The minimum Gasteiger partial charge on any atom is -0.447 e. The van der Waals surface area contributed by atoms with E-state index < -0.39 is 6.10 Å². The van der Waals surface area contributed by atoms with E-state index in [0.717, 1.165) is 5.56 Å². The van der Waals surface area contributed by atoms with Crippen LogP contribution in [0.1, 0.15) is 28.6 Å². The quantitative estimate of drug-likeness (QED) is 0.898. The lowest BCUT2D eigenvalue weighted by Gasteiger charge is -2.13. The third-order valence-electron chi connectivity index (χ3n) is 2.96. The summed E-state index contributed by atoms with van der Waals surface area (Å²) in [6.07, 6.45) is -0.107. The third-order valence-corrected chi connectivity index (χ3v) is 3.17. The normalized spacial score (nSPS) is 12.7. The van der Waals surface area contributed by atoms with E-state index in [9.17, 15) is 5.11 Å². The van der Waals surface area contributed by atoms with Crippen molar-refractivity contribution in [1.29, 1.82) is 0 Å². The molecule has 0 saturated heterocycles. The van der Waals surface area contributed by atoms with Gasteiger partial charge in [0.1, 0.15) is 11.9 Å². The van der Waals surface area contributed by atoms with Crippen LogP contribution in [0.25, 0.3) is 0 Å². The molecule has 1 aromatic heterocycles. The molecular weight excluding hydrogens is 236 g/mol. The molecule has 1 aromatic carbocycles. The second-order valence-corrected chi connectivity index (χ2v) is 4.60. The van der Waals surface area contributed by atoms with Crippen molar-refractivity contribution in [3.8, 4) is 0 Å². The highest BCUT2D eigenvalue weighted by Gasteiger charge is 2.15. The first kappa shape index (κ1) is 12.2. The highest BCUT2D eigenvalue weighted by atomic mass is 35.5. The molecule has 2 aromatic rings. The molecule has 1 atom stereocenters. The molecule has 1 unspecified atom stereocenters. The van der Waals surface area contributed by atoms with Crippen LogP contribution in [-0.2, 0) is 6.42 Å². The Morgan fingerprint density at radius 3 is 2.35 bits per heavy atom. The van der Waals surface area contributed by atoms with Crippen molar-refractivity contribution >= 4 is 11.6 Å². The Hall–Kier alpha value is -1.25. The molecule has 0 amide bonds. The van der Waals surface area contributed by atoms with Gasteiger partial charge in [0.15, 0.2) is 5.22 Å². The molecule has 90 valence electrons. The van der Waals surface area contributed by atoms with E-state index in [1.54, 1.807) is 12.1 Å². The van der Waals surface area contributed by atoms with Crippen LogP contribution < -0.4 is 0 Å². The Morgan fingerprint density at radius 1 is 1.18 bits per heavy atom. The van der Waals surface area contributed by atoms with Gasteiger partial charge in [-0.05, 0) is 54.3 Å². The minimum atomic E-state index is -0.651. The van der Waals surface area contributed by atoms with Gasteiger partial charge in [0, 0.05) is 6.42 Å². The van der Waals surface area contributed by atoms with Crippen LogP contribution in [-0.4, -0.2) is 5.11 Å². The number of benzene rings is 1. The van der Waals surface area contributed by atoms with Crippen LogP contribution in [0.15, 0.2) is 34.7 Å². The summed E-state index contributed by atoms with van der Waals surface area (Å²) in [7, 11) is 0. The number of furan rings is 1. The molecule has 0 spiro atoms. The van der Waals surface area contributed by atoms with Crippen molar-refractivity contribution in [2.24, 2.45) is 0 Å².